The second kappa shape index (κ2) is 7.25. The van der Waals surface area contributed by atoms with E-state index in [9.17, 15) is 13.6 Å². The molecule has 1 heterocycles. The number of alkyl halides is 2. The average molecular weight is 374 g/mol. The molecular formula is C18H16F2N4OS. The fourth-order valence-corrected chi connectivity index (χ4v) is 3.12. The summed E-state index contributed by atoms with van der Waals surface area (Å²) < 4.78 is 30.5. The Bertz CT molecular complexity index is 900. The molecule has 0 fully saturated rings. The molecule has 26 heavy (non-hydrogen) atoms. The molecule has 0 bridgehead atoms. The highest BCUT2D eigenvalue weighted by atomic mass is 32.2. The lowest BCUT2D eigenvalue weighted by atomic mass is 10.2. The lowest BCUT2D eigenvalue weighted by Crippen LogP contribution is -2.39. The lowest BCUT2D eigenvalue weighted by molar-refractivity contribution is -0.131. The fourth-order valence-electron chi connectivity index (χ4n) is 2.36. The van der Waals surface area contributed by atoms with Gasteiger partial charge in [0, 0.05) is 25.3 Å². The molecule has 0 radical (unpaired) electrons. The molecule has 0 atom stereocenters. The number of nitrogens with zero attached hydrogens (tertiary/aromatic N) is 4. The molecule has 0 aliphatic heterocycles. The molecule has 0 unspecified atom stereocenters. The summed E-state index contributed by atoms with van der Waals surface area (Å²) in [5, 5.41) is 4.06. The highest BCUT2D eigenvalue weighted by Crippen LogP contribution is 2.37. The van der Waals surface area contributed by atoms with Crippen LogP contribution in [-0.2, 0) is 11.8 Å². The summed E-state index contributed by atoms with van der Waals surface area (Å²) in [6, 6.07) is 17.4. The van der Waals surface area contributed by atoms with Gasteiger partial charge in [0.15, 0.2) is 11.0 Å². The van der Waals surface area contributed by atoms with E-state index in [0.29, 0.717) is 11.5 Å². The summed E-state index contributed by atoms with van der Waals surface area (Å²) in [6.07, 6.45) is 0. The molecule has 0 spiro atoms. The minimum atomic E-state index is -3.68. The Labute approximate surface area is 153 Å². The zero-order valence-electron chi connectivity index (χ0n) is 14.1. The molecule has 3 rings (SSSR count). The van der Waals surface area contributed by atoms with Gasteiger partial charge in [-0.1, -0.05) is 48.5 Å². The molecule has 5 nitrogen and oxygen atoms in total. The van der Waals surface area contributed by atoms with Gasteiger partial charge in [0.2, 0.25) is 0 Å². The van der Waals surface area contributed by atoms with E-state index in [4.69, 9.17) is 0 Å². The van der Waals surface area contributed by atoms with Crippen molar-refractivity contribution in [3.8, 4) is 11.4 Å². The molecule has 8 heteroatoms. The number of halogens is 2. The van der Waals surface area contributed by atoms with Crippen molar-refractivity contribution in [3.05, 3.63) is 60.7 Å². The van der Waals surface area contributed by atoms with Crippen molar-refractivity contribution in [1.29, 1.82) is 0 Å². The van der Waals surface area contributed by atoms with E-state index in [1.807, 2.05) is 30.3 Å². The summed E-state index contributed by atoms with van der Waals surface area (Å²) in [5.41, 5.74) is 1.14. The van der Waals surface area contributed by atoms with Crippen LogP contribution in [0, 0.1) is 0 Å². The van der Waals surface area contributed by atoms with Crippen LogP contribution in [0.5, 0.6) is 0 Å². The van der Waals surface area contributed by atoms with E-state index in [1.54, 1.807) is 37.4 Å². The number of thioether (sulfide) groups is 1. The number of para-hydroxylation sites is 1. The number of rotatable bonds is 5. The van der Waals surface area contributed by atoms with Crippen LogP contribution >= 0.6 is 11.8 Å². The smallest absolute Gasteiger partial charge is 0.309 e. The second-order valence-electron chi connectivity index (χ2n) is 5.55. The number of anilines is 1. The van der Waals surface area contributed by atoms with Gasteiger partial charge in [0.1, 0.15) is 0 Å². The molecule has 1 aromatic heterocycles. The van der Waals surface area contributed by atoms with Crippen LogP contribution in [0.15, 0.2) is 65.8 Å². The third-order valence-corrected chi connectivity index (χ3v) is 4.75. The molecule has 2 aromatic carbocycles. The molecule has 134 valence electrons. The first-order valence-corrected chi connectivity index (χ1v) is 8.56. The quantitative estimate of drug-likeness (QED) is 0.637. The van der Waals surface area contributed by atoms with Gasteiger partial charge in [-0.15, -0.1) is 10.2 Å². The van der Waals surface area contributed by atoms with E-state index in [1.165, 1.54) is 11.6 Å². The number of benzene rings is 2. The lowest BCUT2D eigenvalue weighted by Gasteiger charge is -2.22. The summed E-state index contributed by atoms with van der Waals surface area (Å²) in [7, 11) is 2.91. The van der Waals surface area contributed by atoms with Gasteiger partial charge in [-0.05, 0) is 23.9 Å². The maximum Gasteiger partial charge on any atom is 0.378 e. The van der Waals surface area contributed by atoms with Gasteiger partial charge >= 0.3 is 11.2 Å². The summed E-state index contributed by atoms with van der Waals surface area (Å²) in [6.45, 7) is 0. The summed E-state index contributed by atoms with van der Waals surface area (Å²) in [5.74, 6) is -0.870. The normalized spacial score (nSPS) is 11.4. The van der Waals surface area contributed by atoms with Gasteiger partial charge < -0.3 is 9.47 Å². The number of aromatic nitrogens is 3. The van der Waals surface area contributed by atoms with Crippen molar-refractivity contribution in [3.63, 3.8) is 0 Å². The van der Waals surface area contributed by atoms with Crippen molar-refractivity contribution in [2.75, 3.05) is 11.9 Å². The monoisotopic (exact) mass is 374 g/mol. The predicted octanol–water partition coefficient (Wildman–Crippen LogP) is 3.83. The first kappa shape index (κ1) is 18.1. The third kappa shape index (κ3) is 3.60. The van der Waals surface area contributed by atoms with Crippen LogP contribution in [0.4, 0.5) is 14.5 Å². The highest BCUT2D eigenvalue weighted by Gasteiger charge is 2.44. The van der Waals surface area contributed by atoms with Gasteiger partial charge in [-0.3, -0.25) is 4.79 Å². The maximum absolute atomic E-state index is 14.5. The zero-order chi connectivity index (χ0) is 18.7. The Hall–Kier alpha value is -2.74. The number of hydrogen-bond donors (Lipinski definition) is 0. The van der Waals surface area contributed by atoms with Crippen molar-refractivity contribution >= 4 is 23.4 Å². The van der Waals surface area contributed by atoms with Crippen molar-refractivity contribution in [2.24, 2.45) is 7.05 Å². The fraction of sp³-hybridized carbons (Fsp3) is 0.167. The first-order chi connectivity index (χ1) is 12.4. The van der Waals surface area contributed by atoms with Gasteiger partial charge in [0.05, 0.1) is 0 Å². The first-order valence-electron chi connectivity index (χ1n) is 7.75. The Morgan fingerprint density at radius 3 is 2.23 bits per heavy atom. The molecule has 0 aliphatic carbocycles. The maximum atomic E-state index is 14.5. The summed E-state index contributed by atoms with van der Waals surface area (Å²) in [4.78, 5) is 13.2. The third-order valence-electron chi connectivity index (χ3n) is 3.78. The Balaban J connectivity index is 1.81. The number of carbonyl (C=O) groups is 1. The van der Waals surface area contributed by atoms with E-state index in [2.05, 4.69) is 10.2 Å². The molecular weight excluding hydrogens is 358 g/mol. The molecule has 3 aromatic rings. The molecule has 0 aliphatic rings. The van der Waals surface area contributed by atoms with Gasteiger partial charge in [-0.2, -0.15) is 8.78 Å². The summed E-state index contributed by atoms with van der Waals surface area (Å²) >= 11 is 0.0839. The SMILES string of the molecule is CN(C(=O)C(F)(F)Sc1nnc(-c2ccccc2)n1C)c1ccccc1. The van der Waals surface area contributed by atoms with Crippen molar-refractivity contribution in [2.45, 2.75) is 10.4 Å². The standard InChI is InChI=1S/C18H16F2N4OS/c1-23(14-11-7-4-8-12-14)16(25)18(19,20)26-17-22-21-15(24(17)2)13-9-5-3-6-10-13/h3-12H,1-2H3. The van der Waals surface area contributed by atoms with Crippen LogP contribution in [0.3, 0.4) is 0 Å². The van der Waals surface area contributed by atoms with Crippen LogP contribution in [0.25, 0.3) is 11.4 Å². The van der Waals surface area contributed by atoms with Crippen LogP contribution in [0.2, 0.25) is 0 Å². The van der Waals surface area contributed by atoms with Crippen LogP contribution in [-0.4, -0.2) is 33.0 Å². The molecule has 0 saturated heterocycles. The number of amides is 1. The molecule has 0 N–H and O–H groups in total. The average Bonchev–Trinajstić information content (AvgIpc) is 3.01. The minimum Gasteiger partial charge on any atom is -0.309 e. The van der Waals surface area contributed by atoms with E-state index in [0.717, 1.165) is 10.5 Å². The highest BCUT2D eigenvalue weighted by molar-refractivity contribution is 8.00. The van der Waals surface area contributed by atoms with Crippen LogP contribution in [0.1, 0.15) is 0 Å². The number of hydrogen-bond acceptors (Lipinski definition) is 4. The minimum absolute atomic E-state index is 0.0383. The second-order valence-corrected chi connectivity index (χ2v) is 6.63. The Morgan fingerprint density at radius 1 is 1.04 bits per heavy atom. The number of carbonyl (C=O) groups excluding carboxylic acids is 1. The Kier molecular flexibility index (Phi) is 5.03. The largest absolute Gasteiger partial charge is 0.378 e. The van der Waals surface area contributed by atoms with Crippen LogP contribution < -0.4 is 4.90 Å². The van der Waals surface area contributed by atoms with Gasteiger partial charge in [0.25, 0.3) is 0 Å². The van der Waals surface area contributed by atoms with Crippen molar-refractivity contribution in [1.82, 2.24) is 14.8 Å². The Morgan fingerprint density at radius 2 is 1.62 bits per heavy atom. The van der Waals surface area contributed by atoms with E-state index in [-0.39, 0.29) is 16.9 Å². The van der Waals surface area contributed by atoms with E-state index < -0.39 is 11.2 Å². The van der Waals surface area contributed by atoms with Gasteiger partial charge in [-0.25, -0.2) is 0 Å². The predicted molar refractivity (Wildman–Crippen MR) is 97.1 cm³/mol. The molecule has 1 amide bonds. The molecule has 0 saturated carbocycles. The van der Waals surface area contributed by atoms with E-state index >= 15 is 0 Å². The van der Waals surface area contributed by atoms with Crippen molar-refractivity contribution < 1.29 is 13.6 Å². The topological polar surface area (TPSA) is 51.0 Å². The zero-order valence-corrected chi connectivity index (χ0v) is 15.0.